The molecule has 158 valence electrons. The van der Waals surface area contributed by atoms with Crippen LogP contribution in [-0.2, 0) is 20.0 Å². The van der Waals surface area contributed by atoms with Gasteiger partial charge in [-0.05, 0) is 37.3 Å². The Morgan fingerprint density at radius 3 is 2.21 bits per heavy atom. The quantitative estimate of drug-likeness (QED) is 0.686. The van der Waals surface area contributed by atoms with E-state index in [1.807, 2.05) is 11.8 Å². The number of piperazine rings is 1. The topological polar surface area (TPSA) is 86.8 Å². The Morgan fingerprint density at radius 1 is 0.931 bits per heavy atom. The summed E-state index contributed by atoms with van der Waals surface area (Å²) in [5.41, 5.74) is 0.995. The standard InChI is InChI=1S/C19H24ClN3O4S2/c1-16-5-7-18(8-6-16)28(24,25)21-9-10-22-11-13-23(14-12-22)29(26,27)19-4-2-3-17(20)15-19/h2-8,15,21H,9-14H2,1H3. The molecule has 1 N–H and O–H groups in total. The Balaban J connectivity index is 1.50. The molecule has 3 rings (SSSR count). The van der Waals surface area contributed by atoms with Gasteiger partial charge in [0.05, 0.1) is 9.79 Å². The predicted octanol–water partition coefficient (Wildman–Crippen LogP) is 1.93. The maximum atomic E-state index is 12.7. The van der Waals surface area contributed by atoms with Crippen LogP contribution in [0.3, 0.4) is 0 Å². The molecule has 7 nitrogen and oxygen atoms in total. The van der Waals surface area contributed by atoms with Gasteiger partial charge < -0.3 is 0 Å². The second kappa shape index (κ2) is 9.11. The summed E-state index contributed by atoms with van der Waals surface area (Å²) in [6.07, 6.45) is 0. The Kier molecular flexibility index (Phi) is 6.98. The number of hydrogen-bond donors (Lipinski definition) is 1. The van der Waals surface area contributed by atoms with Gasteiger partial charge in [-0.1, -0.05) is 35.4 Å². The van der Waals surface area contributed by atoms with Crippen LogP contribution in [0, 0.1) is 6.92 Å². The van der Waals surface area contributed by atoms with Crippen LogP contribution in [0.2, 0.25) is 5.02 Å². The lowest BCUT2D eigenvalue weighted by Crippen LogP contribution is -2.50. The van der Waals surface area contributed by atoms with Gasteiger partial charge in [0.15, 0.2) is 0 Å². The molecule has 0 aromatic heterocycles. The maximum absolute atomic E-state index is 12.7. The maximum Gasteiger partial charge on any atom is 0.243 e. The van der Waals surface area contributed by atoms with Crippen molar-refractivity contribution in [3.63, 3.8) is 0 Å². The fraction of sp³-hybridized carbons (Fsp3) is 0.368. The van der Waals surface area contributed by atoms with E-state index < -0.39 is 20.0 Å². The highest BCUT2D eigenvalue weighted by Gasteiger charge is 2.28. The third-order valence-corrected chi connectivity index (χ3v) is 8.42. The molecule has 1 saturated heterocycles. The second-order valence-corrected chi connectivity index (χ2v) is 11.1. The SMILES string of the molecule is Cc1ccc(S(=O)(=O)NCCN2CCN(S(=O)(=O)c3cccc(Cl)c3)CC2)cc1. The highest BCUT2D eigenvalue weighted by atomic mass is 35.5. The minimum atomic E-state index is -3.58. The summed E-state index contributed by atoms with van der Waals surface area (Å²) in [4.78, 5) is 2.46. The van der Waals surface area contributed by atoms with E-state index in [-0.39, 0.29) is 16.3 Å². The van der Waals surface area contributed by atoms with Crippen LogP contribution in [0.25, 0.3) is 0 Å². The van der Waals surface area contributed by atoms with Crippen molar-refractivity contribution in [3.05, 3.63) is 59.1 Å². The van der Waals surface area contributed by atoms with Gasteiger partial charge in [0.2, 0.25) is 20.0 Å². The molecule has 1 aliphatic rings. The van der Waals surface area contributed by atoms with Gasteiger partial charge in [-0.2, -0.15) is 4.31 Å². The lowest BCUT2D eigenvalue weighted by atomic mass is 10.2. The monoisotopic (exact) mass is 457 g/mol. The number of halogens is 1. The van der Waals surface area contributed by atoms with Gasteiger partial charge in [0.25, 0.3) is 0 Å². The molecule has 10 heteroatoms. The molecular weight excluding hydrogens is 434 g/mol. The van der Waals surface area contributed by atoms with E-state index in [1.165, 1.54) is 16.4 Å². The van der Waals surface area contributed by atoms with Gasteiger partial charge >= 0.3 is 0 Å². The lowest BCUT2D eigenvalue weighted by Gasteiger charge is -2.34. The van der Waals surface area contributed by atoms with Crippen LogP contribution < -0.4 is 4.72 Å². The smallest absolute Gasteiger partial charge is 0.243 e. The molecule has 0 radical (unpaired) electrons. The van der Waals surface area contributed by atoms with E-state index in [0.717, 1.165) is 5.56 Å². The van der Waals surface area contributed by atoms with Crippen LogP contribution in [0.4, 0.5) is 0 Å². The van der Waals surface area contributed by atoms with Crippen molar-refractivity contribution in [2.45, 2.75) is 16.7 Å². The molecule has 2 aromatic rings. The molecule has 0 amide bonds. The summed E-state index contributed by atoms with van der Waals surface area (Å²) < 4.78 is 54.1. The fourth-order valence-corrected chi connectivity index (χ4v) is 5.85. The van der Waals surface area contributed by atoms with E-state index in [0.29, 0.717) is 37.7 Å². The van der Waals surface area contributed by atoms with E-state index in [9.17, 15) is 16.8 Å². The first-order chi connectivity index (χ1) is 13.7. The van der Waals surface area contributed by atoms with Crippen molar-refractivity contribution in [1.29, 1.82) is 0 Å². The number of nitrogens with zero attached hydrogens (tertiary/aromatic N) is 2. The van der Waals surface area contributed by atoms with Crippen molar-refractivity contribution in [3.8, 4) is 0 Å². The fourth-order valence-electron chi connectivity index (χ4n) is 3.11. The number of nitrogens with one attached hydrogen (secondary N) is 1. The molecule has 2 aromatic carbocycles. The summed E-state index contributed by atoms with van der Waals surface area (Å²) in [6, 6.07) is 12.9. The van der Waals surface area contributed by atoms with E-state index in [4.69, 9.17) is 11.6 Å². The van der Waals surface area contributed by atoms with Crippen LogP contribution in [-0.4, -0.2) is 65.3 Å². The first-order valence-corrected chi connectivity index (χ1v) is 12.5. The third-order valence-electron chi connectivity index (χ3n) is 4.82. The highest BCUT2D eigenvalue weighted by molar-refractivity contribution is 7.89. The van der Waals surface area contributed by atoms with E-state index >= 15 is 0 Å². The summed E-state index contributed by atoms with van der Waals surface area (Å²) in [6.45, 7) is 4.43. The largest absolute Gasteiger partial charge is 0.299 e. The van der Waals surface area contributed by atoms with E-state index in [2.05, 4.69) is 4.72 Å². The first-order valence-electron chi connectivity index (χ1n) is 9.23. The summed E-state index contributed by atoms with van der Waals surface area (Å²) in [7, 11) is -7.13. The predicted molar refractivity (Wildman–Crippen MR) is 113 cm³/mol. The normalized spacial score (nSPS) is 16.8. The molecule has 0 spiro atoms. The van der Waals surface area contributed by atoms with Gasteiger partial charge in [-0.25, -0.2) is 21.6 Å². The zero-order valence-corrected chi connectivity index (χ0v) is 18.5. The van der Waals surface area contributed by atoms with Crippen LogP contribution in [0.5, 0.6) is 0 Å². The number of benzene rings is 2. The molecule has 0 aliphatic carbocycles. The summed E-state index contributed by atoms with van der Waals surface area (Å²) in [5, 5.41) is 0.380. The molecule has 1 fully saturated rings. The molecule has 0 bridgehead atoms. The third kappa shape index (κ3) is 5.56. The molecule has 0 saturated carbocycles. The molecular formula is C19H24ClN3O4S2. The Morgan fingerprint density at radius 2 is 1.59 bits per heavy atom. The van der Waals surface area contributed by atoms with Gasteiger partial charge in [0, 0.05) is 44.3 Å². The van der Waals surface area contributed by atoms with Gasteiger partial charge in [0.1, 0.15) is 0 Å². The zero-order chi connectivity index (χ0) is 21.1. The first kappa shape index (κ1) is 22.2. The molecule has 1 heterocycles. The number of rotatable bonds is 7. The highest BCUT2D eigenvalue weighted by Crippen LogP contribution is 2.20. The van der Waals surface area contributed by atoms with Crippen molar-refractivity contribution < 1.29 is 16.8 Å². The number of sulfonamides is 2. The summed E-state index contributed by atoms with van der Waals surface area (Å²) in [5.74, 6) is 0. The zero-order valence-electron chi connectivity index (χ0n) is 16.1. The van der Waals surface area contributed by atoms with Crippen LogP contribution in [0.15, 0.2) is 58.3 Å². The summed E-state index contributed by atoms with van der Waals surface area (Å²) >= 11 is 5.91. The lowest BCUT2D eigenvalue weighted by molar-refractivity contribution is 0.191. The molecule has 0 atom stereocenters. The minimum absolute atomic E-state index is 0.185. The minimum Gasteiger partial charge on any atom is -0.299 e. The van der Waals surface area contributed by atoms with Crippen molar-refractivity contribution in [2.24, 2.45) is 0 Å². The second-order valence-electron chi connectivity index (χ2n) is 6.91. The van der Waals surface area contributed by atoms with E-state index in [1.54, 1.807) is 36.4 Å². The van der Waals surface area contributed by atoms with Crippen LogP contribution in [0.1, 0.15) is 5.56 Å². The van der Waals surface area contributed by atoms with Gasteiger partial charge in [-0.3, -0.25) is 4.90 Å². The number of aryl methyl sites for hydroxylation is 1. The van der Waals surface area contributed by atoms with Gasteiger partial charge in [-0.15, -0.1) is 0 Å². The van der Waals surface area contributed by atoms with Crippen molar-refractivity contribution in [1.82, 2.24) is 13.9 Å². The van der Waals surface area contributed by atoms with Crippen LogP contribution >= 0.6 is 11.6 Å². The van der Waals surface area contributed by atoms with Crippen molar-refractivity contribution >= 4 is 31.6 Å². The van der Waals surface area contributed by atoms with Crippen molar-refractivity contribution in [2.75, 3.05) is 39.3 Å². The average Bonchev–Trinajstić information content (AvgIpc) is 2.68. The molecule has 1 aliphatic heterocycles. The Bertz CT molecular complexity index is 1050. The Labute approximate surface area is 177 Å². The average molecular weight is 458 g/mol. The molecule has 0 unspecified atom stereocenters. The number of hydrogen-bond acceptors (Lipinski definition) is 5. The molecule has 29 heavy (non-hydrogen) atoms. The Hall–Kier alpha value is -1.49.